The third-order valence-corrected chi connectivity index (χ3v) is 3.39. The number of rotatable bonds is 10. The Morgan fingerprint density at radius 1 is 1.10 bits per heavy atom. The van der Waals surface area contributed by atoms with Crippen molar-refractivity contribution in [1.29, 1.82) is 0 Å². The molecule has 4 nitrogen and oxygen atoms in total. The molecule has 1 aromatic heterocycles. The Balaban J connectivity index is 2.71. The van der Waals surface area contributed by atoms with Crippen molar-refractivity contribution in [3.63, 3.8) is 0 Å². The quantitative estimate of drug-likeness (QED) is 0.667. The summed E-state index contributed by atoms with van der Waals surface area (Å²) in [5.41, 5.74) is 1.12. The highest BCUT2D eigenvalue weighted by atomic mass is 15.1. The molecule has 1 atom stereocenters. The summed E-state index contributed by atoms with van der Waals surface area (Å²) >= 11 is 0. The highest BCUT2D eigenvalue weighted by molar-refractivity contribution is 5.47. The normalized spacial score (nSPS) is 12.2. The molecule has 114 valence electrons. The fourth-order valence-corrected chi connectivity index (χ4v) is 2.19. The van der Waals surface area contributed by atoms with Gasteiger partial charge in [0, 0.05) is 24.3 Å². The second kappa shape index (κ2) is 9.56. The summed E-state index contributed by atoms with van der Waals surface area (Å²) < 4.78 is 0. The first-order valence-corrected chi connectivity index (χ1v) is 8.05. The van der Waals surface area contributed by atoms with Gasteiger partial charge in [-0.1, -0.05) is 40.0 Å². The average Bonchev–Trinajstić information content (AvgIpc) is 2.45. The van der Waals surface area contributed by atoms with E-state index in [1.54, 1.807) is 0 Å². The van der Waals surface area contributed by atoms with Crippen LogP contribution in [0, 0.1) is 6.92 Å². The van der Waals surface area contributed by atoms with Crippen molar-refractivity contribution in [2.75, 3.05) is 17.2 Å². The molecule has 1 unspecified atom stereocenters. The summed E-state index contributed by atoms with van der Waals surface area (Å²) in [6, 6.07) is 0.521. The number of nitrogens with zero attached hydrogens (tertiary/aromatic N) is 2. The van der Waals surface area contributed by atoms with Gasteiger partial charge in [-0.25, -0.2) is 4.98 Å². The SMILES string of the molecule is CCCCC(CCC)Nc1nc(NCCC)ncc1C. The molecule has 0 radical (unpaired) electrons. The highest BCUT2D eigenvalue weighted by Crippen LogP contribution is 2.18. The van der Waals surface area contributed by atoms with E-state index in [4.69, 9.17) is 0 Å². The van der Waals surface area contributed by atoms with Crippen molar-refractivity contribution in [2.45, 2.75) is 72.3 Å². The van der Waals surface area contributed by atoms with E-state index in [2.05, 4.69) is 48.3 Å². The minimum absolute atomic E-state index is 0.521. The number of unbranched alkanes of at least 4 members (excludes halogenated alkanes) is 1. The molecule has 0 saturated heterocycles. The molecule has 0 saturated carbocycles. The molecule has 0 aliphatic carbocycles. The Bertz CT molecular complexity index is 379. The molecular formula is C16H30N4. The van der Waals surface area contributed by atoms with Crippen LogP contribution in [0.5, 0.6) is 0 Å². The number of aromatic nitrogens is 2. The smallest absolute Gasteiger partial charge is 0.224 e. The largest absolute Gasteiger partial charge is 0.367 e. The van der Waals surface area contributed by atoms with E-state index in [1.807, 2.05) is 6.20 Å². The van der Waals surface area contributed by atoms with Crippen molar-refractivity contribution in [1.82, 2.24) is 9.97 Å². The van der Waals surface area contributed by atoms with Crippen LogP contribution in [0.25, 0.3) is 0 Å². The zero-order valence-corrected chi connectivity index (χ0v) is 13.5. The first-order valence-electron chi connectivity index (χ1n) is 8.05. The van der Waals surface area contributed by atoms with Crippen molar-refractivity contribution in [2.24, 2.45) is 0 Å². The number of nitrogens with one attached hydrogen (secondary N) is 2. The molecule has 2 N–H and O–H groups in total. The highest BCUT2D eigenvalue weighted by Gasteiger charge is 2.10. The molecule has 1 heterocycles. The Kier molecular flexibility index (Phi) is 8.00. The summed E-state index contributed by atoms with van der Waals surface area (Å²) in [4.78, 5) is 8.94. The molecule has 1 aromatic rings. The molecule has 4 heteroatoms. The number of hydrogen-bond donors (Lipinski definition) is 2. The Labute approximate surface area is 123 Å². The predicted molar refractivity (Wildman–Crippen MR) is 87.4 cm³/mol. The monoisotopic (exact) mass is 278 g/mol. The lowest BCUT2D eigenvalue weighted by Gasteiger charge is -2.20. The molecule has 20 heavy (non-hydrogen) atoms. The maximum Gasteiger partial charge on any atom is 0.224 e. The number of anilines is 2. The summed E-state index contributed by atoms with van der Waals surface area (Å²) in [5, 5.41) is 6.86. The van der Waals surface area contributed by atoms with E-state index in [0.29, 0.717) is 6.04 Å². The molecule has 0 aliphatic heterocycles. The van der Waals surface area contributed by atoms with Crippen LogP contribution in [0.4, 0.5) is 11.8 Å². The molecule has 0 aromatic carbocycles. The van der Waals surface area contributed by atoms with Gasteiger partial charge in [0.25, 0.3) is 0 Å². The summed E-state index contributed by atoms with van der Waals surface area (Å²) in [5.74, 6) is 1.71. The summed E-state index contributed by atoms with van der Waals surface area (Å²) in [7, 11) is 0. The van der Waals surface area contributed by atoms with E-state index in [9.17, 15) is 0 Å². The van der Waals surface area contributed by atoms with Crippen LogP contribution < -0.4 is 10.6 Å². The van der Waals surface area contributed by atoms with Gasteiger partial charge in [0.1, 0.15) is 5.82 Å². The van der Waals surface area contributed by atoms with Gasteiger partial charge in [-0.15, -0.1) is 0 Å². The topological polar surface area (TPSA) is 49.8 Å². The lowest BCUT2D eigenvalue weighted by atomic mass is 10.1. The molecule has 0 spiro atoms. The summed E-state index contributed by atoms with van der Waals surface area (Å²) in [6.07, 6.45) is 9.10. The zero-order chi connectivity index (χ0) is 14.8. The van der Waals surface area contributed by atoms with Crippen LogP contribution in [-0.2, 0) is 0 Å². The zero-order valence-electron chi connectivity index (χ0n) is 13.5. The van der Waals surface area contributed by atoms with E-state index >= 15 is 0 Å². The van der Waals surface area contributed by atoms with Crippen molar-refractivity contribution >= 4 is 11.8 Å². The third-order valence-electron chi connectivity index (χ3n) is 3.39. The van der Waals surface area contributed by atoms with Crippen LogP contribution in [0.3, 0.4) is 0 Å². The maximum atomic E-state index is 4.61. The molecule has 0 aliphatic rings. The van der Waals surface area contributed by atoms with Gasteiger partial charge in [-0.2, -0.15) is 4.98 Å². The molecular weight excluding hydrogens is 248 g/mol. The van der Waals surface area contributed by atoms with Crippen molar-refractivity contribution < 1.29 is 0 Å². The van der Waals surface area contributed by atoms with Gasteiger partial charge in [-0.05, 0) is 26.2 Å². The molecule has 0 fully saturated rings. The van der Waals surface area contributed by atoms with Gasteiger partial charge in [0.15, 0.2) is 0 Å². The first-order chi connectivity index (χ1) is 9.71. The fraction of sp³-hybridized carbons (Fsp3) is 0.750. The minimum Gasteiger partial charge on any atom is -0.367 e. The van der Waals surface area contributed by atoms with Gasteiger partial charge in [-0.3, -0.25) is 0 Å². The minimum atomic E-state index is 0.521. The second-order valence-electron chi connectivity index (χ2n) is 5.42. The van der Waals surface area contributed by atoms with E-state index < -0.39 is 0 Å². The van der Waals surface area contributed by atoms with Crippen molar-refractivity contribution in [3.05, 3.63) is 11.8 Å². The van der Waals surface area contributed by atoms with E-state index in [0.717, 1.165) is 30.3 Å². The van der Waals surface area contributed by atoms with Crippen molar-refractivity contribution in [3.8, 4) is 0 Å². The van der Waals surface area contributed by atoms with E-state index in [1.165, 1.54) is 32.1 Å². The first kappa shape index (κ1) is 16.7. The lowest BCUT2D eigenvalue weighted by Crippen LogP contribution is -2.21. The standard InChI is InChI=1S/C16H30N4/c1-5-8-10-14(9-6-2)19-15-13(4)12-18-16(20-15)17-11-7-3/h12,14H,5-11H2,1-4H3,(H2,17,18,19,20). The second-order valence-corrected chi connectivity index (χ2v) is 5.42. The van der Waals surface area contributed by atoms with Gasteiger partial charge in [0.05, 0.1) is 0 Å². The Hall–Kier alpha value is -1.32. The molecule has 0 amide bonds. The van der Waals surface area contributed by atoms with Gasteiger partial charge >= 0.3 is 0 Å². The van der Waals surface area contributed by atoms with Crippen LogP contribution in [0.1, 0.15) is 64.9 Å². The maximum absolute atomic E-state index is 4.61. The Morgan fingerprint density at radius 2 is 1.90 bits per heavy atom. The van der Waals surface area contributed by atoms with Crippen LogP contribution in [-0.4, -0.2) is 22.6 Å². The van der Waals surface area contributed by atoms with Crippen LogP contribution in [0.2, 0.25) is 0 Å². The fourth-order valence-electron chi connectivity index (χ4n) is 2.19. The van der Waals surface area contributed by atoms with Gasteiger partial charge in [0.2, 0.25) is 5.95 Å². The lowest BCUT2D eigenvalue weighted by molar-refractivity contribution is 0.562. The van der Waals surface area contributed by atoms with Crippen LogP contribution in [0.15, 0.2) is 6.20 Å². The molecule has 1 rings (SSSR count). The van der Waals surface area contributed by atoms with Gasteiger partial charge < -0.3 is 10.6 Å². The third kappa shape index (κ3) is 5.76. The Morgan fingerprint density at radius 3 is 2.55 bits per heavy atom. The van der Waals surface area contributed by atoms with Crippen LogP contribution >= 0.6 is 0 Å². The van der Waals surface area contributed by atoms with E-state index in [-0.39, 0.29) is 0 Å². The average molecular weight is 278 g/mol. The number of hydrogen-bond acceptors (Lipinski definition) is 4. The molecule has 0 bridgehead atoms. The predicted octanol–water partition coefficient (Wildman–Crippen LogP) is 4.38. The summed E-state index contributed by atoms with van der Waals surface area (Å²) in [6.45, 7) is 9.60. The number of aryl methyl sites for hydroxylation is 1.